The van der Waals surface area contributed by atoms with Crippen molar-refractivity contribution in [3.05, 3.63) is 182 Å². The van der Waals surface area contributed by atoms with Gasteiger partial charge in [-0.1, -0.05) is 91.0 Å². The van der Waals surface area contributed by atoms with Gasteiger partial charge in [-0.2, -0.15) is 50.5 Å². The quantitative estimate of drug-likeness (QED) is 0.0399. The number of phenols is 3. The molecule has 36 nitrogen and oxygen atoms in total. The Morgan fingerprint density at radius 2 is 0.444 bits per heavy atom. The Hall–Kier alpha value is -7.41. The first kappa shape index (κ1) is 87.8. The Morgan fingerprint density at radius 1 is 0.231 bits per heavy atom. The van der Waals surface area contributed by atoms with Gasteiger partial charge in [0.15, 0.2) is 17.2 Å². The second-order valence-corrected chi connectivity index (χ2v) is 34.0. The SMILES string of the molecule is O=S(=O)([O-])c1ccc(/N=N/c2c(O)c(S(=O)(=O)O)cc3cc(S(=O)(=O)O)ccc23)c2ccccc12.O=S(=O)([O-])c1ccc(/N=N/c2c(O)c(S(=O)(=O)O)cc3cc(S(=O)(=O)O)ccc23)c2ccccc12.O=S(=O)([O-])c1ccc(/N=N/c2c(O)c(S(=O)(=O)O)cc3cc(S(=O)(=O)O)ccc23)c2ccccc12.[Na+].[Na+].[Na+]. The van der Waals surface area contributed by atoms with Gasteiger partial charge in [0.2, 0.25) is 0 Å². The molecule has 12 aromatic rings. The molecule has 0 radical (unpaired) electrons. The van der Waals surface area contributed by atoms with E-state index in [2.05, 4.69) is 30.7 Å². The Morgan fingerprint density at radius 3 is 0.639 bits per heavy atom. The molecular weight excluding hydrogens is 1640 g/mol. The summed E-state index contributed by atoms with van der Waals surface area (Å²) in [6.07, 6.45) is 0. The molecule has 0 spiro atoms. The average molecular weight is 1680 g/mol. The van der Waals surface area contributed by atoms with E-state index >= 15 is 0 Å². The van der Waals surface area contributed by atoms with Crippen LogP contribution in [0.4, 0.5) is 34.1 Å². The van der Waals surface area contributed by atoms with Crippen molar-refractivity contribution in [1.29, 1.82) is 0 Å². The molecular formula is C60H39N6Na3O30S9. The number of hydrogen-bond acceptors (Lipinski definition) is 30. The number of aromatic hydroxyl groups is 3. The van der Waals surface area contributed by atoms with Gasteiger partial charge >= 0.3 is 88.7 Å². The Kier molecular flexibility index (Phi) is 26.4. The molecule has 9 N–H and O–H groups in total. The summed E-state index contributed by atoms with van der Waals surface area (Å²) < 4.78 is 300. The second-order valence-electron chi connectivity index (χ2n) is 21.6. The van der Waals surface area contributed by atoms with Crippen LogP contribution in [-0.2, 0) is 91.1 Å². The van der Waals surface area contributed by atoms with E-state index in [9.17, 15) is 132 Å². The summed E-state index contributed by atoms with van der Waals surface area (Å²) in [7, 11) is -43.4. The summed E-state index contributed by atoms with van der Waals surface area (Å²) >= 11 is 0. The van der Waals surface area contributed by atoms with Crippen LogP contribution in [0, 0.1) is 0 Å². The molecule has 0 aromatic heterocycles. The van der Waals surface area contributed by atoms with Crippen molar-refractivity contribution in [2.75, 3.05) is 0 Å². The molecule has 0 unspecified atom stereocenters. The Bertz CT molecular complexity index is 6330. The number of benzene rings is 12. The Balaban J connectivity index is 0.000000223. The summed E-state index contributed by atoms with van der Waals surface area (Å²) in [6, 6.07) is 35.7. The maximum absolute atomic E-state index is 11.8. The molecule has 108 heavy (non-hydrogen) atoms. The molecule has 0 bridgehead atoms. The van der Waals surface area contributed by atoms with Crippen LogP contribution in [0.3, 0.4) is 0 Å². The van der Waals surface area contributed by atoms with Crippen LogP contribution in [0.5, 0.6) is 17.2 Å². The van der Waals surface area contributed by atoms with Crippen LogP contribution in [-0.4, -0.2) is 132 Å². The normalized spacial score (nSPS) is 12.8. The van der Waals surface area contributed by atoms with Crippen LogP contribution < -0.4 is 88.7 Å². The maximum atomic E-state index is 11.8. The van der Waals surface area contributed by atoms with Crippen molar-refractivity contribution in [1.82, 2.24) is 0 Å². The number of phenolic OH excluding ortho intramolecular Hbond substituents is 3. The van der Waals surface area contributed by atoms with E-state index in [0.29, 0.717) is 0 Å². The van der Waals surface area contributed by atoms with E-state index in [1.54, 1.807) is 18.2 Å². The second kappa shape index (κ2) is 32.5. The predicted octanol–water partition coefficient (Wildman–Crippen LogP) is 1.55. The first-order valence-corrected chi connectivity index (χ1v) is 40.8. The Labute approximate surface area is 676 Å². The van der Waals surface area contributed by atoms with Crippen molar-refractivity contribution < 1.29 is 221 Å². The standard InChI is InChI=1S/3C20H14N2O10S3.3Na/c3*23-20-18(35(30,31)32)10-11-9-12(33(24,25)26)5-6-13(11)19(20)22-21-16-7-8-17(34(27,28)29)15-4-2-1-3-14(15)16;;;/h3*1-10,23H,(H,24,25,26)(H,27,28,29)(H,30,31,32);;;/q;;;3*+1/p-3/b3*22-21+;;;. The molecule has 12 rings (SSSR count). The zero-order valence-corrected chi connectivity index (χ0v) is 67.6. The van der Waals surface area contributed by atoms with Crippen molar-refractivity contribution in [2.24, 2.45) is 30.7 Å². The van der Waals surface area contributed by atoms with E-state index in [4.69, 9.17) is 0 Å². The van der Waals surface area contributed by atoms with Crippen LogP contribution in [0.2, 0.25) is 0 Å². The van der Waals surface area contributed by atoms with E-state index in [1.165, 1.54) is 72.8 Å². The van der Waals surface area contributed by atoms with Crippen LogP contribution >= 0.6 is 0 Å². The average Bonchev–Trinajstić information content (AvgIpc) is 0.768. The third-order valence-electron chi connectivity index (χ3n) is 15.0. The van der Waals surface area contributed by atoms with E-state index in [1.807, 2.05) is 0 Å². The minimum Gasteiger partial charge on any atom is -0.744 e. The minimum atomic E-state index is -5.00. The van der Waals surface area contributed by atoms with Gasteiger partial charge in [0.25, 0.3) is 60.7 Å². The molecule has 0 aliphatic rings. The summed E-state index contributed by atoms with van der Waals surface area (Å²) in [4.78, 5) is -6.22. The number of azo groups is 3. The largest absolute Gasteiger partial charge is 1.00 e. The van der Waals surface area contributed by atoms with Crippen LogP contribution in [0.1, 0.15) is 0 Å². The third kappa shape index (κ3) is 19.3. The molecule has 546 valence electrons. The van der Waals surface area contributed by atoms with Crippen LogP contribution in [0.25, 0.3) is 64.6 Å². The summed E-state index contributed by atoms with van der Waals surface area (Å²) in [5.74, 6) is -2.98. The van der Waals surface area contributed by atoms with Gasteiger partial charge in [-0.15, -0.1) is 30.7 Å². The summed E-state index contributed by atoms with van der Waals surface area (Å²) in [5.41, 5.74) is -1.27. The molecule has 0 atom stereocenters. The molecule has 0 fully saturated rings. The van der Waals surface area contributed by atoms with E-state index in [0.717, 1.165) is 91.0 Å². The van der Waals surface area contributed by atoms with Crippen molar-refractivity contribution >= 4 is 190 Å². The van der Waals surface area contributed by atoms with Crippen LogP contribution in [0.15, 0.2) is 257 Å². The fourth-order valence-electron chi connectivity index (χ4n) is 10.4. The summed E-state index contributed by atoms with van der Waals surface area (Å²) in [6.45, 7) is 0. The molecule has 12 aromatic carbocycles. The molecule has 0 saturated heterocycles. The van der Waals surface area contributed by atoms with E-state index in [-0.39, 0.29) is 170 Å². The van der Waals surface area contributed by atoms with Gasteiger partial charge in [-0.05, 0) is 107 Å². The van der Waals surface area contributed by atoms with Crippen molar-refractivity contribution in [2.45, 2.75) is 44.1 Å². The number of rotatable bonds is 15. The number of fused-ring (bicyclic) bond motifs is 6. The molecule has 48 heteroatoms. The van der Waals surface area contributed by atoms with Gasteiger partial charge in [-0.3, -0.25) is 27.3 Å². The number of hydrogen-bond donors (Lipinski definition) is 9. The van der Waals surface area contributed by atoms with Crippen molar-refractivity contribution in [3.63, 3.8) is 0 Å². The van der Waals surface area contributed by atoms with Gasteiger partial charge in [0.1, 0.15) is 62.1 Å². The molecule has 0 heterocycles. The van der Waals surface area contributed by atoms with Gasteiger partial charge in [0, 0.05) is 48.5 Å². The van der Waals surface area contributed by atoms with Gasteiger partial charge in [-0.25, -0.2) is 25.3 Å². The summed E-state index contributed by atoms with van der Waals surface area (Å²) in [5, 5.41) is 55.4. The topological polar surface area (TPSA) is 633 Å². The monoisotopic (exact) mass is 1680 g/mol. The van der Waals surface area contributed by atoms with Gasteiger partial charge < -0.3 is 29.0 Å². The molecule has 0 amide bonds. The minimum absolute atomic E-state index is 0. The molecule has 0 aliphatic carbocycles. The zero-order chi connectivity index (χ0) is 77.3. The molecule has 0 saturated carbocycles. The number of nitrogens with zero attached hydrogens (tertiary/aromatic N) is 6. The first-order valence-electron chi connectivity index (χ1n) is 28.0. The fourth-order valence-corrected chi connectivity index (χ4v) is 15.8. The predicted molar refractivity (Wildman–Crippen MR) is 364 cm³/mol. The molecule has 0 aliphatic heterocycles. The maximum Gasteiger partial charge on any atom is 1.00 e. The first-order chi connectivity index (χ1) is 48.5. The fraction of sp³-hybridized carbons (Fsp3) is 0. The van der Waals surface area contributed by atoms with Crippen molar-refractivity contribution in [3.8, 4) is 17.2 Å². The zero-order valence-electron chi connectivity index (χ0n) is 54.3. The smallest absolute Gasteiger partial charge is 0.744 e. The van der Waals surface area contributed by atoms with E-state index < -0.39 is 169 Å². The van der Waals surface area contributed by atoms with Gasteiger partial charge in [0.05, 0.1) is 46.4 Å². The third-order valence-corrected chi connectivity index (χ3v) is 22.8.